The molecule has 1 heterocycles. The van der Waals surface area contributed by atoms with E-state index < -0.39 is 42.9 Å². The molecule has 0 bridgehead atoms. The summed E-state index contributed by atoms with van der Waals surface area (Å²) >= 11 is 0. The predicted octanol–water partition coefficient (Wildman–Crippen LogP) is 0.0935. The van der Waals surface area contributed by atoms with Crippen LogP contribution >= 0.6 is 0 Å². The molecule has 0 saturated carbocycles. The van der Waals surface area contributed by atoms with Crippen molar-refractivity contribution in [1.29, 1.82) is 0 Å². The molecule has 0 spiro atoms. The smallest absolute Gasteiger partial charge is 0.306 e. The highest BCUT2D eigenvalue weighted by atomic mass is 16.7. The van der Waals surface area contributed by atoms with E-state index in [4.69, 9.17) is 19.3 Å². The van der Waals surface area contributed by atoms with E-state index in [-0.39, 0.29) is 12.1 Å². The lowest BCUT2D eigenvalue weighted by Crippen LogP contribution is -2.59. The monoisotopic (exact) mass is 364 g/mol. The van der Waals surface area contributed by atoms with Crippen LogP contribution in [0.5, 0.6) is 0 Å². The molecule has 1 rings (SSSR count). The van der Waals surface area contributed by atoms with Crippen molar-refractivity contribution in [2.75, 3.05) is 6.61 Å². The molecule has 4 N–H and O–H groups in total. The lowest BCUT2D eigenvalue weighted by molar-refractivity contribution is -0.310. The molecule has 1 aliphatic rings. The average Bonchev–Trinajstić information content (AvgIpc) is 2.50. The summed E-state index contributed by atoms with van der Waals surface area (Å²) in [7, 11) is 0. The van der Waals surface area contributed by atoms with Gasteiger partial charge in [0.1, 0.15) is 30.0 Å². The molecular formula is C17H32O8. The van der Waals surface area contributed by atoms with Crippen LogP contribution in [0.3, 0.4) is 0 Å². The summed E-state index contributed by atoms with van der Waals surface area (Å²) in [6, 6.07) is 0. The maximum Gasteiger partial charge on any atom is 0.306 e. The first-order valence-corrected chi connectivity index (χ1v) is 8.73. The third-order valence-corrected chi connectivity index (χ3v) is 3.88. The third kappa shape index (κ3) is 7.55. The molecule has 0 aromatic heterocycles. The first-order chi connectivity index (χ1) is 11.5. The molecule has 6 atom stereocenters. The van der Waals surface area contributed by atoms with Crippen LogP contribution in [0.2, 0.25) is 0 Å². The van der Waals surface area contributed by atoms with Gasteiger partial charge in [-0.1, -0.05) is 6.42 Å². The number of ether oxygens (including phenoxy) is 3. The summed E-state index contributed by atoms with van der Waals surface area (Å²) in [5.41, 5.74) is -0.489. The second kappa shape index (κ2) is 9.80. The van der Waals surface area contributed by atoms with Gasteiger partial charge in [0.2, 0.25) is 0 Å². The van der Waals surface area contributed by atoms with Crippen LogP contribution in [0.15, 0.2) is 0 Å². The van der Waals surface area contributed by atoms with Crippen molar-refractivity contribution in [2.45, 2.75) is 95.8 Å². The fourth-order valence-corrected chi connectivity index (χ4v) is 2.57. The molecular weight excluding hydrogens is 332 g/mol. The van der Waals surface area contributed by atoms with Crippen LogP contribution < -0.4 is 0 Å². The van der Waals surface area contributed by atoms with E-state index in [2.05, 4.69) is 0 Å². The minimum absolute atomic E-state index is 0.241. The summed E-state index contributed by atoms with van der Waals surface area (Å²) in [5.74, 6) is -0.241. The SMILES string of the molecule is CC(CCCCC(=O)OC(C)(C)C)O[C@@H]1OC(CO)[C@@H](O)C(O)[C@@H]1O. The van der Waals surface area contributed by atoms with E-state index >= 15 is 0 Å². The fourth-order valence-electron chi connectivity index (χ4n) is 2.57. The lowest BCUT2D eigenvalue weighted by atomic mass is 9.99. The van der Waals surface area contributed by atoms with Crippen molar-refractivity contribution in [3.8, 4) is 0 Å². The Morgan fingerprint density at radius 3 is 2.32 bits per heavy atom. The highest BCUT2D eigenvalue weighted by Gasteiger charge is 2.44. The van der Waals surface area contributed by atoms with Gasteiger partial charge in [0.05, 0.1) is 12.7 Å². The number of esters is 1. The Morgan fingerprint density at radius 1 is 1.12 bits per heavy atom. The van der Waals surface area contributed by atoms with Crippen LogP contribution in [0.25, 0.3) is 0 Å². The Hall–Kier alpha value is -0.770. The number of aliphatic hydroxyl groups excluding tert-OH is 4. The number of hydrogen-bond acceptors (Lipinski definition) is 8. The zero-order valence-electron chi connectivity index (χ0n) is 15.4. The fraction of sp³-hybridized carbons (Fsp3) is 0.941. The van der Waals surface area contributed by atoms with E-state index in [0.717, 1.165) is 6.42 Å². The molecule has 1 fully saturated rings. The van der Waals surface area contributed by atoms with Crippen molar-refractivity contribution >= 4 is 5.97 Å². The van der Waals surface area contributed by atoms with E-state index in [9.17, 15) is 20.1 Å². The number of carbonyl (C=O) groups excluding carboxylic acids is 1. The van der Waals surface area contributed by atoms with Gasteiger partial charge in [0.15, 0.2) is 6.29 Å². The molecule has 25 heavy (non-hydrogen) atoms. The quantitative estimate of drug-likeness (QED) is 0.353. The summed E-state index contributed by atoms with van der Waals surface area (Å²) in [6.07, 6.45) is -4.34. The Labute approximate surface area is 148 Å². The Morgan fingerprint density at radius 2 is 1.76 bits per heavy atom. The minimum atomic E-state index is -1.45. The van der Waals surface area contributed by atoms with Gasteiger partial charge in [0.25, 0.3) is 0 Å². The number of carbonyl (C=O) groups is 1. The molecule has 1 saturated heterocycles. The van der Waals surface area contributed by atoms with Gasteiger partial charge in [-0.2, -0.15) is 0 Å². The second-order valence-electron chi connectivity index (χ2n) is 7.48. The topological polar surface area (TPSA) is 126 Å². The molecule has 0 amide bonds. The standard InChI is InChI=1S/C17H32O8/c1-10(7-5-6-8-12(19)25-17(2,3)4)23-16-15(22)14(21)13(20)11(9-18)24-16/h10-11,13-16,18,20-22H,5-9H2,1-4H3/t10?,11?,13-,14?,15+,16-/m1/s1. The van der Waals surface area contributed by atoms with Gasteiger partial charge in [-0.3, -0.25) is 4.79 Å². The maximum absolute atomic E-state index is 11.6. The Kier molecular flexibility index (Phi) is 8.73. The first-order valence-electron chi connectivity index (χ1n) is 8.73. The molecule has 3 unspecified atom stereocenters. The highest BCUT2D eigenvalue weighted by Crippen LogP contribution is 2.24. The maximum atomic E-state index is 11.6. The third-order valence-electron chi connectivity index (χ3n) is 3.88. The average molecular weight is 364 g/mol. The first kappa shape index (κ1) is 22.3. The number of hydrogen-bond donors (Lipinski definition) is 4. The van der Waals surface area contributed by atoms with Crippen molar-refractivity contribution in [3.05, 3.63) is 0 Å². The number of aliphatic hydroxyl groups is 4. The second-order valence-corrected chi connectivity index (χ2v) is 7.48. The van der Waals surface area contributed by atoms with Crippen LogP contribution in [0.4, 0.5) is 0 Å². The van der Waals surface area contributed by atoms with Gasteiger partial charge >= 0.3 is 5.97 Å². The van der Waals surface area contributed by atoms with Crippen molar-refractivity contribution in [3.63, 3.8) is 0 Å². The highest BCUT2D eigenvalue weighted by molar-refractivity contribution is 5.69. The molecule has 1 aliphatic heterocycles. The summed E-state index contributed by atoms with van der Waals surface area (Å²) in [5, 5.41) is 38.5. The summed E-state index contributed by atoms with van der Waals surface area (Å²) in [6.45, 7) is 6.76. The van der Waals surface area contributed by atoms with Crippen molar-refractivity contribution < 1.29 is 39.4 Å². The van der Waals surface area contributed by atoms with E-state index in [1.807, 2.05) is 20.8 Å². The minimum Gasteiger partial charge on any atom is -0.460 e. The summed E-state index contributed by atoms with van der Waals surface area (Å²) in [4.78, 5) is 11.6. The van der Waals surface area contributed by atoms with E-state index in [1.165, 1.54) is 0 Å². The van der Waals surface area contributed by atoms with E-state index in [0.29, 0.717) is 19.3 Å². The normalized spacial score (nSPS) is 31.6. The van der Waals surface area contributed by atoms with Gasteiger partial charge in [-0.15, -0.1) is 0 Å². The Balaban J connectivity index is 2.32. The number of unbranched alkanes of at least 4 members (excludes halogenated alkanes) is 1. The number of rotatable bonds is 8. The molecule has 8 heteroatoms. The van der Waals surface area contributed by atoms with E-state index in [1.54, 1.807) is 6.92 Å². The van der Waals surface area contributed by atoms with Gasteiger partial charge in [-0.05, 0) is 40.5 Å². The molecule has 0 radical (unpaired) electrons. The van der Waals surface area contributed by atoms with Crippen LogP contribution in [-0.2, 0) is 19.0 Å². The zero-order chi connectivity index (χ0) is 19.2. The van der Waals surface area contributed by atoms with Crippen molar-refractivity contribution in [1.82, 2.24) is 0 Å². The van der Waals surface area contributed by atoms with Gasteiger partial charge < -0.3 is 34.6 Å². The van der Waals surface area contributed by atoms with Gasteiger partial charge in [-0.25, -0.2) is 0 Å². The Bertz CT molecular complexity index is 406. The lowest BCUT2D eigenvalue weighted by Gasteiger charge is -2.40. The van der Waals surface area contributed by atoms with Crippen LogP contribution in [-0.4, -0.2) is 75.4 Å². The molecule has 0 aromatic rings. The van der Waals surface area contributed by atoms with Crippen molar-refractivity contribution in [2.24, 2.45) is 0 Å². The predicted molar refractivity (Wildman–Crippen MR) is 88.6 cm³/mol. The largest absolute Gasteiger partial charge is 0.460 e. The van der Waals surface area contributed by atoms with Crippen LogP contribution in [0, 0.1) is 0 Å². The zero-order valence-corrected chi connectivity index (χ0v) is 15.4. The van der Waals surface area contributed by atoms with Crippen LogP contribution in [0.1, 0.15) is 53.4 Å². The summed E-state index contributed by atoms with van der Waals surface area (Å²) < 4.78 is 16.1. The molecule has 148 valence electrons. The molecule has 0 aromatic carbocycles. The molecule has 0 aliphatic carbocycles. The van der Waals surface area contributed by atoms with Gasteiger partial charge in [0, 0.05) is 6.42 Å². The molecule has 8 nitrogen and oxygen atoms in total.